The van der Waals surface area contributed by atoms with Gasteiger partial charge >= 0.3 is 0 Å². The number of anilines is 1. The third kappa shape index (κ3) is 4.21. The van der Waals surface area contributed by atoms with E-state index < -0.39 is 0 Å². The molecule has 0 aliphatic carbocycles. The van der Waals surface area contributed by atoms with Gasteiger partial charge in [-0.15, -0.1) is 10.2 Å². The first-order valence-corrected chi connectivity index (χ1v) is 9.32. The minimum atomic E-state index is -0.219. The molecule has 0 aliphatic heterocycles. The van der Waals surface area contributed by atoms with Crippen molar-refractivity contribution in [3.05, 3.63) is 83.4 Å². The monoisotopic (exact) mass is 395 g/mol. The summed E-state index contributed by atoms with van der Waals surface area (Å²) in [5.74, 6) is -0.219. The Hall–Kier alpha value is -3.03. The van der Waals surface area contributed by atoms with Crippen LogP contribution in [0, 0.1) is 0 Å². The molecule has 4 aromatic rings. The summed E-state index contributed by atoms with van der Waals surface area (Å²) in [6.07, 6.45) is 5.39. The molecule has 1 amide bonds. The van der Waals surface area contributed by atoms with Gasteiger partial charge in [-0.05, 0) is 29.8 Å². The van der Waals surface area contributed by atoms with E-state index in [9.17, 15) is 4.79 Å². The molecule has 2 heterocycles. The number of benzene rings is 2. The maximum atomic E-state index is 12.4. The molecule has 0 saturated carbocycles. The summed E-state index contributed by atoms with van der Waals surface area (Å²) in [6, 6.07) is 14.8. The Labute approximate surface area is 164 Å². The fourth-order valence-corrected chi connectivity index (χ4v) is 3.37. The predicted octanol–water partition coefficient (Wildman–Crippen LogP) is 4.36. The van der Waals surface area contributed by atoms with Crippen LogP contribution >= 0.6 is 22.9 Å². The summed E-state index contributed by atoms with van der Waals surface area (Å²) in [6.45, 7) is 0.711. The number of halogens is 1. The number of carbonyl (C=O) groups is 1. The molecule has 0 fully saturated rings. The van der Waals surface area contributed by atoms with Gasteiger partial charge in [0.15, 0.2) is 0 Å². The minimum absolute atomic E-state index is 0.219. The highest BCUT2D eigenvalue weighted by Crippen LogP contribution is 2.27. The van der Waals surface area contributed by atoms with Crippen LogP contribution in [0.3, 0.4) is 0 Å². The molecule has 0 aliphatic rings. The largest absolute Gasteiger partial charge is 0.333 e. The first-order valence-electron chi connectivity index (χ1n) is 8.13. The molecule has 0 saturated heterocycles. The van der Waals surface area contributed by atoms with Crippen LogP contribution in [0.5, 0.6) is 0 Å². The summed E-state index contributed by atoms with van der Waals surface area (Å²) >= 11 is 7.21. The molecular formula is C19H14ClN5OS. The number of hydrogen-bond donors (Lipinski definition) is 1. The number of aromatic nitrogens is 4. The zero-order chi connectivity index (χ0) is 18.6. The summed E-state index contributed by atoms with van der Waals surface area (Å²) in [4.78, 5) is 16.4. The number of imidazole rings is 1. The van der Waals surface area contributed by atoms with Crippen molar-refractivity contribution < 1.29 is 4.79 Å². The lowest BCUT2D eigenvalue weighted by Crippen LogP contribution is -2.11. The fraction of sp³-hybridized carbons (Fsp3) is 0.0526. The lowest BCUT2D eigenvalue weighted by atomic mass is 10.1. The van der Waals surface area contributed by atoms with Gasteiger partial charge in [0.25, 0.3) is 5.91 Å². The average molecular weight is 396 g/mol. The Bertz CT molecular complexity index is 1040. The van der Waals surface area contributed by atoms with E-state index in [2.05, 4.69) is 20.5 Å². The molecule has 2 aromatic carbocycles. The van der Waals surface area contributed by atoms with E-state index in [4.69, 9.17) is 11.6 Å². The van der Waals surface area contributed by atoms with Crippen molar-refractivity contribution in [2.75, 3.05) is 5.32 Å². The number of hydrogen-bond acceptors (Lipinski definition) is 5. The summed E-state index contributed by atoms with van der Waals surface area (Å²) in [5, 5.41) is 12.8. The van der Waals surface area contributed by atoms with E-state index >= 15 is 0 Å². The molecule has 0 radical (unpaired) electrons. The SMILES string of the molecule is O=C(Nc1nnc(-c2ccc(Cl)cc2)s1)c1ccc(Cn2ccnc2)cc1. The number of nitrogens with zero attached hydrogens (tertiary/aromatic N) is 4. The molecule has 0 spiro atoms. The van der Waals surface area contributed by atoms with Crippen LogP contribution in [0.15, 0.2) is 67.3 Å². The molecule has 2 aromatic heterocycles. The van der Waals surface area contributed by atoms with Gasteiger partial charge in [0.1, 0.15) is 5.01 Å². The van der Waals surface area contributed by atoms with E-state index in [1.165, 1.54) is 11.3 Å². The lowest BCUT2D eigenvalue weighted by Gasteiger charge is -2.05. The zero-order valence-electron chi connectivity index (χ0n) is 14.0. The predicted molar refractivity (Wildman–Crippen MR) is 106 cm³/mol. The van der Waals surface area contributed by atoms with Crippen molar-refractivity contribution in [3.63, 3.8) is 0 Å². The molecule has 6 nitrogen and oxygen atoms in total. The second kappa shape index (κ2) is 7.69. The summed E-state index contributed by atoms with van der Waals surface area (Å²) in [7, 11) is 0. The Morgan fingerprint density at radius 3 is 2.56 bits per heavy atom. The Morgan fingerprint density at radius 2 is 1.85 bits per heavy atom. The Kier molecular flexibility index (Phi) is 4.95. The van der Waals surface area contributed by atoms with Crippen molar-refractivity contribution in [2.45, 2.75) is 6.54 Å². The van der Waals surface area contributed by atoms with Gasteiger partial charge in [0, 0.05) is 35.1 Å². The number of carbonyl (C=O) groups excluding carboxylic acids is 1. The van der Waals surface area contributed by atoms with Crippen molar-refractivity contribution >= 4 is 34.0 Å². The van der Waals surface area contributed by atoms with Gasteiger partial charge in [0.2, 0.25) is 5.13 Å². The van der Waals surface area contributed by atoms with Crippen LogP contribution in [0.1, 0.15) is 15.9 Å². The number of amides is 1. The standard InChI is InChI=1S/C19H14ClN5OS/c20-16-7-5-15(6-8-16)18-23-24-19(27-18)22-17(26)14-3-1-13(2-4-14)11-25-10-9-21-12-25/h1-10,12H,11H2,(H,22,24,26). The maximum absolute atomic E-state index is 12.4. The van der Waals surface area contributed by atoms with Crippen molar-refractivity contribution in [3.8, 4) is 10.6 Å². The van der Waals surface area contributed by atoms with Crippen LogP contribution < -0.4 is 5.32 Å². The number of rotatable bonds is 5. The first kappa shape index (κ1) is 17.4. The highest BCUT2D eigenvalue weighted by atomic mass is 35.5. The molecular weight excluding hydrogens is 382 g/mol. The van der Waals surface area contributed by atoms with Crippen molar-refractivity contribution in [1.82, 2.24) is 19.7 Å². The van der Waals surface area contributed by atoms with E-state index in [-0.39, 0.29) is 5.91 Å². The summed E-state index contributed by atoms with van der Waals surface area (Å²) < 4.78 is 1.97. The van der Waals surface area contributed by atoms with Gasteiger partial charge in [-0.2, -0.15) is 0 Å². The van der Waals surface area contributed by atoms with Crippen molar-refractivity contribution in [1.29, 1.82) is 0 Å². The topological polar surface area (TPSA) is 72.7 Å². The lowest BCUT2D eigenvalue weighted by molar-refractivity contribution is 0.102. The fourth-order valence-electron chi connectivity index (χ4n) is 2.50. The number of nitrogens with one attached hydrogen (secondary N) is 1. The maximum Gasteiger partial charge on any atom is 0.257 e. The van der Waals surface area contributed by atoms with Crippen LogP contribution in [-0.2, 0) is 6.54 Å². The smallest absolute Gasteiger partial charge is 0.257 e. The molecule has 27 heavy (non-hydrogen) atoms. The van der Waals surface area contributed by atoms with Crippen LogP contribution in [0.25, 0.3) is 10.6 Å². The minimum Gasteiger partial charge on any atom is -0.333 e. The van der Waals surface area contributed by atoms with E-state index in [1.54, 1.807) is 36.8 Å². The van der Waals surface area contributed by atoms with Crippen LogP contribution in [0.4, 0.5) is 5.13 Å². The summed E-state index contributed by atoms with van der Waals surface area (Å²) in [5.41, 5.74) is 2.55. The van der Waals surface area contributed by atoms with Gasteiger partial charge in [0.05, 0.1) is 6.33 Å². The van der Waals surface area contributed by atoms with E-state index in [0.29, 0.717) is 22.3 Å². The third-order valence-corrected chi connectivity index (χ3v) is 5.02. The van der Waals surface area contributed by atoms with Gasteiger partial charge < -0.3 is 4.57 Å². The van der Waals surface area contributed by atoms with E-state index in [0.717, 1.165) is 16.1 Å². The van der Waals surface area contributed by atoms with Crippen LogP contribution in [0.2, 0.25) is 5.02 Å². The molecule has 8 heteroatoms. The molecule has 0 atom stereocenters. The molecule has 0 bridgehead atoms. The zero-order valence-corrected chi connectivity index (χ0v) is 15.6. The second-order valence-electron chi connectivity index (χ2n) is 5.81. The third-order valence-electron chi connectivity index (χ3n) is 3.88. The second-order valence-corrected chi connectivity index (χ2v) is 7.22. The molecule has 0 unspecified atom stereocenters. The molecule has 134 valence electrons. The van der Waals surface area contributed by atoms with E-state index in [1.807, 2.05) is 35.0 Å². The average Bonchev–Trinajstić information content (AvgIpc) is 3.35. The van der Waals surface area contributed by atoms with Gasteiger partial charge in [-0.3, -0.25) is 10.1 Å². The van der Waals surface area contributed by atoms with Crippen molar-refractivity contribution in [2.24, 2.45) is 0 Å². The highest BCUT2D eigenvalue weighted by Gasteiger charge is 2.11. The normalized spacial score (nSPS) is 10.7. The molecule has 4 rings (SSSR count). The Balaban J connectivity index is 1.42. The Morgan fingerprint density at radius 1 is 1.07 bits per heavy atom. The van der Waals surface area contributed by atoms with Gasteiger partial charge in [-0.1, -0.05) is 47.2 Å². The van der Waals surface area contributed by atoms with Gasteiger partial charge in [-0.25, -0.2) is 4.98 Å². The first-order chi connectivity index (χ1) is 13.2. The quantitative estimate of drug-likeness (QED) is 0.545. The molecule has 1 N–H and O–H groups in total. The van der Waals surface area contributed by atoms with Crippen LogP contribution in [-0.4, -0.2) is 25.7 Å². The highest BCUT2D eigenvalue weighted by molar-refractivity contribution is 7.18.